The molecular weight excluding hydrogens is 544 g/mol. The van der Waals surface area contributed by atoms with Gasteiger partial charge in [0.05, 0.1) is 12.3 Å². The van der Waals surface area contributed by atoms with Crippen molar-refractivity contribution in [1.29, 1.82) is 0 Å². The van der Waals surface area contributed by atoms with Crippen LogP contribution in [0, 0.1) is 5.82 Å². The molecule has 0 atom stereocenters. The zero-order valence-corrected chi connectivity index (χ0v) is 22.9. The highest BCUT2D eigenvalue weighted by Gasteiger charge is 2.24. The van der Waals surface area contributed by atoms with Gasteiger partial charge in [-0.2, -0.15) is 0 Å². The fourth-order valence-electron chi connectivity index (χ4n) is 4.79. The van der Waals surface area contributed by atoms with Crippen LogP contribution >= 0.6 is 23.2 Å². The number of urea groups is 1. The minimum Gasteiger partial charge on any atom is -0.465 e. The summed E-state index contributed by atoms with van der Waals surface area (Å²) < 4.78 is 31.1. The predicted octanol–water partition coefficient (Wildman–Crippen LogP) is 6.34. The van der Waals surface area contributed by atoms with Crippen molar-refractivity contribution in [3.8, 4) is 5.75 Å². The van der Waals surface area contributed by atoms with Gasteiger partial charge >= 0.3 is 6.03 Å². The van der Waals surface area contributed by atoms with Gasteiger partial charge in [0.1, 0.15) is 11.9 Å². The number of amides is 2. The van der Waals surface area contributed by atoms with Crippen LogP contribution in [0.25, 0.3) is 0 Å². The van der Waals surface area contributed by atoms with Gasteiger partial charge in [-0.15, -0.1) is 0 Å². The molecule has 0 aliphatic carbocycles. The number of nitrogens with one attached hydrogen (secondary N) is 1. The smallest absolute Gasteiger partial charge is 0.322 e. The quantitative estimate of drug-likeness (QED) is 0.318. The third kappa shape index (κ3) is 7.21. The van der Waals surface area contributed by atoms with E-state index in [9.17, 15) is 9.18 Å². The molecular formula is C29H30Cl2FN3O4. The topological polar surface area (TPSA) is 63.3 Å². The lowest BCUT2D eigenvalue weighted by Crippen LogP contribution is -2.50. The number of anilines is 1. The summed E-state index contributed by atoms with van der Waals surface area (Å²) in [6.45, 7) is 4.40. The SMILES string of the molecule is O=C(Nc1cc(F)cc2c1OCOC2)N1CCN(CCCOC(c2ccc(Cl)cc2)c2ccc(Cl)cc2)CC1. The minimum atomic E-state index is -0.445. The Hall–Kier alpha value is -2.88. The number of hydrogen-bond acceptors (Lipinski definition) is 5. The van der Waals surface area contributed by atoms with Gasteiger partial charge < -0.3 is 24.4 Å². The number of rotatable bonds is 8. The van der Waals surface area contributed by atoms with E-state index in [4.69, 9.17) is 37.4 Å². The van der Waals surface area contributed by atoms with E-state index in [1.165, 1.54) is 12.1 Å². The summed E-state index contributed by atoms with van der Waals surface area (Å²) in [7, 11) is 0. The van der Waals surface area contributed by atoms with Gasteiger partial charge in [0, 0.05) is 61.0 Å². The predicted molar refractivity (Wildman–Crippen MR) is 149 cm³/mol. The summed E-state index contributed by atoms with van der Waals surface area (Å²) in [5.74, 6) is 0.0182. The number of nitrogens with zero attached hydrogens (tertiary/aromatic N) is 2. The van der Waals surface area contributed by atoms with E-state index in [1.807, 2.05) is 48.5 Å². The Balaban J connectivity index is 1.09. The molecule has 10 heteroatoms. The summed E-state index contributed by atoms with van der Waals surface area (Å²) in [5.41, 5.74) is 2.96. The molecule has 0 bridgehead atoms. The van der Waals surface area contributed by atoms with Crippen molar-refractivity contribution in [2.45, 2.75) is 19.1 Å². The first-order valence-electron chi connectivity index (χ1n) is 12.9. The molecule has 39 heavy (non-hydrogen) atoms. The lowest BCUT2D eigenvalue weighted by molar-refractivity contribution is -0.0160. The Labute approximate surface area is 237 Å². The molecule has 3 aromatic rings. The van der Waals surface area contributed by atoms with Crippen molar-refractivity contribution in [3.05, 3.63) is 93.2 Å². The van der Waals surface area contributed by atoms with Crippen molar-refractivity contribution in [2.24, 2.45) is 0 Å². The number of benzene rings is 3. The maximum Gasteiger partial charge on any atom is 0.322 e. The highest BCUT2D eigenvalue weighted by Crippen LogP contribution is 2.34. The summed E-state index contributed by atoms with van der Waals surface area (Å²) in [4.78, 5) is 16.9. The second kappa shape index (κ2) is 13.0. The van der Waals surface area contributed by atoms with Crippen LogP contribution in [-0.2, 0) is 16.1 Å². The van der Waals surface area contributed by atoms with Gasteiger partial charge in [-0.25, -0.2) is 9.18 Å². The lowest BCUT2D eigenvalue weighted by atomic mass is 10.0. The second-order valence-corrected chi connectivity index (χ2v) is 10.4. The van der Waals surface area contributed by atoms with Crippen LogP contribution in [-0.4, -0.2) is 62.0 Å². The molecule has 7 nitrogen and oxygen atoms in total. The van der Waals surface area contributed by atoms with Gasteiger partial charge in [-0.1, -0.05) is 47.5 Å². The van der Waals surface area contributed by atoms with Gasteiger partial charge in [0.25, 0.3) is 0 Å². The fourth-order valence-corrected chi connectivity index (χ4v) is 5.04. The first-order valence-corrected chi connectivity index (χ1v) is 13.7. The molecule has 5 rings (SSSR count). The van der Waals surface area contributed by atoms with Crippen LogP contribution in [0.4, 0.5) is 14.9 Å². The first kappa shape index (κ1) is 27.7. The molecule has 1 saturated heterocycles. The fraction of sp³-hybridized carbons (Fsp3) is 0.345. The Kier molecular flexibility index (Phi) is 9.21. The van der Waals surface area contributed by atoms with Gasteiger partial charge in [0.2, 0.25) is 0 Å². The molecule has 0 aromatic heterocycles. The number of hydrogen-bond donors (Lipinski definition) is 1. The van der Waals surface area contributed by atoms with Crippen LogP contribution in [0.5, 0.6) is 5.75 Å². The Bertz CT molecular complexity index is 1220. The van der Waals surface area contributed by atoms with Crippen molar-refractivity contribution < 1.29 is 23.4 Å². The largest absolute Gasteiger partial charge is 0.465 e. The average Bonchev–Trinajstić information content (AvgIpc) is 2.94. The Morgan fingerprint density at radius 2 is 1.62 bits per heavy atom. The highest BCUT2D eigenvalue weighted by molar-refractivity contribution is 6.30. The summed E-state index contributed by atoms with van der Waals surface area (Å²) in [5, 5.41) is 4.17. The van der Waals surface area contributed by atoms with Crippen molar-refractivity contribution in [1.82, 2.24) is 9.80 Å². The average molecular weight is 574 g/mol. The van der Waals surface area contributed by atoms with E-state index >= 15 is 0 Å². The molecule has 0 radical (unpaired) electrons. The maximum atomic E-state index is 14.0. The molecule has 0 unspecified atom stereocenters. The molecule has 2 aliphatic heterocycles. The molecule has 2 amide bonds. The molecule has 2 heterocycles. The van der Waals surface area contributed by atoms with Crippen molar-refractivity contribution in [2.75, 3.05) is 51.4 Å². The third-order valence-corrected chi connectivity index (χ3v) is 7.33. The van der Waals surface area contributed by atoms with Crippen LogP contribution in [0.2, 0.25) is 10.0 Å². The van der Waals surface area contributed by atoms with E-state index in [0.717, 1.165) is 37.2 Å². The summed E-state index contributed by atoms with van der Waals surface area (Å²) >= 11 is 12.2. The molecule has 1 N–H and O–H groups in total. The highest BCUT2D eigenvalue weighted by atomic mass is 35.5. The standard InChI is InChI=1S/C29H30Cl2FN3O4/c30-23-6-2-20(3-7-23)27(21-4-8-24(31)9-5-21)38-15-1-10-34-11-13-35(14-12-34)29(36)33-26-17-25(32)16-22-18-37-19-39-28(22)26/h2-9,16-17,27H,1,10-15,18-19H2,(H,33,36). The zero-order chi connectivity index (χ0) is 27.2. The molecule has 3 aromatic carbocycles. The third-order valence-electron chi connectivity index (χ3n) is 6.82. The molecule has 0 saturated carbocycles. The summed E-state index contributed by atoms with van der Waals surface area (Å²) in [6, 6.07) is 17.7. The molecule has 1 fully saturated rings. The number of halogens is 3. The van der Waals surface area contributed by atoms with Gasteiger partial charge in [-0.05, 0) is 47.9 Å². The Morgan fingerprint density at radius 3 is 2.26 bits per heavy atom. The van der Waals surface area contributed by atoms with Crippen LogP contribution < -0.4 is 10.1 Å². The van der Waals surface area contributed by atoms with Crippen LogP contribution in [0.3, 0.4) is 0 Å². The van der Waals surface area contributed by atoms with Crippen molar-refractivity contribution in [3.63, 3.8) is 0 Å². The normalized spacial score (nSPS) is 15.6. The van der Waals surface area contributed by atoms with Gasteiger partial charge in [0.15, 0.2) is 12.5 Å². The van der Waals surface area contributed by atoms with Crippen LogP contribution in [0.1, 0.15) is 29.2 Å². The summed E-state index contributed by atoms with van der Waals surface area (Å²) in [6.07, 6.45) is 0.628. The first-order chi connectivity index (χ1) is 19.0. The van der Waals surface area contributed by atoms with E-state index in [1.54, 1.807) is 4.90 Å². The molecule has 206 valence electrons. The zero-order valence-electron chi connectivity index (χ0n) is 21.4. The lowest BCUT2D eigenvalue weighted by Gasteiger charge is -2.35. The number of carbonyl (C=O) groups excluding carboxylic acids is 1. The maximum absolute atomic E-state index is 14.0. The van der Waals surface area contributed by atoms with Gasteiger partial charge in [-0.3, -0.25) is 4.90 Å². The van der Waals surface area contributed by atoms with E-state index in [-0.39, 0.29) is 25.5 Å². The van der Waals surface area contributed by atoms with E-state index in [0.29, 0.717) is 46.7 Å². The van der Waals surface area contributed by atoms with E-state index in [2.05, 4.69) is 10.2 Å². The number of ether oxygens (including phenoxy) is 3. The van der Waals surface area contributed by atoms with Crippen LogP contribution in [0.15, 0.2) is 60.7 Å². The minimum absolute atomic E-state index is 0.0734. The molecule has 2 aliphatic rings. The second-order valence-electron chi connectivity index (χ2n) is 9.52. The van der Waals surface area contributed by atoms with Crippen molar-refractivity contribution >= 4 is 34.9 Å². The van der Waals surface area contributed by atoms with E-state index < -0.39 is 5.82 Å². The number of fused-ring (bicyclic) bond motifs is 1. The molecule has 0 spiro atoms. The monoisotopic (exact) mass is 573 g/mol. The number of carbonyl (C=O) groups is 1. The number of piperazine rings is 1. The Morgan fingerprint density at radius 1 is 0.974 bits per heavy atom.